The van der Waals surface area contributed by atoms with Gasteiger partial charge in [0.1, 0.15) is 0 Å². The molecule has 1 nitrogen and oxygen atoms in total. The Labute approximate surface area is 73.4 Å². The van der Waals surface area contributed by atoms with E-state index in [1.54, 1.807) is 0 Å². The number of hydrogen-bond acceptors (Lipinski definition) is 1. The van der Waals surface area contributed by atoms with Crippen molar-refractivity contribution in [3.63, 3.8) is 0 Å². The Kier molecular flexibility index (Phi) is 6.27. The Hall–Kier alpha value is 0.920. The molecule has 0 aliphatic heterocycles. The van der Waals surface area contributed by atoms with Crippen LogP contribution >= 0.6 is 31.9 Å². The second-order valence-corrected chi connectivity index (χ2v) is 3.36. The summed E-state index contributed by atoms with van der Waals surface area (Å²) in [5, 5.41) is 1.81. The summed E-state index contributed by atoms with van der Waals surface area (Å²) in [6, 6.07) is 0. The molecule has 0 aromatic heterocycles. The Bertz CT molecular complexity index is 60.1. The molecule has 0 fully saturated rings. The number of hydrogen-bond donors (Lipinski definition) is 0. The third-order valence-corrected chi connectivity index (χ3v) is 2.72. The van der Waals surface area contributed by atoms with E-state index >= 15 is 0 Å². The van der Waals surface area contributed by atoms with Crippen LogP contribution in [0.5, 0.6) is 0 Å². The molecule has 0 aliphatic rings. The lowest BCUT2D eigenvalue weighted by molar-refractivity contribution is 0.0368. The minimum Gasteiger partial charge on any atom is -0.374 e. The number of halogens is 2. The first kappa shape index (κ1) is 9.92. The summed E-state index contributed by atoms with van der Waals surface area (Å²) in [5.41, 5.74) is 0. The van der Waals surface area contributed by atoms with Gasteiger partial charge in [-0.1, -0.05) is 31.9 Å². The summed E-state index contributed by atoms with van der Waals surface area (Å²) in [7, 11) is 0. The molecule has 0 amide bonds. The van der Waals surface area contributed by atoms with Crippen molar-refractivity contribution in [1.29, 1.82) is 0 Å². The Morgan fingerprint density at radius 1 is 1.11 bits per heavy atom. The third-order valence-electron chi connectivity index (χ3n) is 0.899. The molecule has 56 valence electrons. The average molecular weight is 260 g/mol. The molecule has 0 rings (SSSR count). The van der Waals surface area contributed by atoms with Gasteiger partial charge < -0.3 is 4.74 Å². The van der Waals surface area contributed by atoms with Crippen LogP contribution in [0.2, 0.25) is 0 Å². The molecule has 2 unspecified atom stereocenters. The molecule has 2 atom stereocenters. The third kappa shape index (κ3) is 5.37. The standard InChI is InChI=1S/C6H12Br2O/c1-5(3-7)9-6(2)4-8/h5-6H,3-4H2,1-2H3/i3+0. The Morgan fingerprint density at radius 3 is 1.67 bits per heavy atom. The Balaban J connectivity index is 3.22. The molecule has 0 saturated carbocycles. The van der Waals surface area contributed by atoms with Gasteiger partial charge in [-0.15, -0.1) is 0 Å². The Morgan fingerprint density at radius 2 is 1.44 bits per heavy atom. The van der Waals surface area contributed by atoms with E-state index in [1.165, 1.54) is 0 Å². The van der Waals surface area contributed by atoms with Crippen molar-refractivity contribution in [3.05, 3.63) is 0 Å². The largest absolute Gasteiger partial charge is 0.374 e. The van der Waals surface area contributed by atoms with Crippen molar-refractivity contribution in [2.45, 2.75) is 26.1 Å². The number of rotatable bonds is 4. The van der Waals surface area contributed by atoms with Gasteiger partial charge in [-0.3, -0.25) is 0 Å². The average Bonchev–Trinajstić information content (AvgIpc) is 1.87. The zero-order valence-electron chi connectivity index (χ0n) is 5.73. The minimum absolute atomic E-state index is 0.317. The van der Waals surface area contributed by atoms with Crippen molar-refractivity contribution in [1.82, 2.24) is 0 Å². The first-order valence-corrected chi connectivity index (χ1v) is 5.22. The predicted octanol–water partition coefficient (Wildman–Crippen LogP) is 2.57. The molecule has 0 radical (unpaired) electrons. The normalized spacial score (nSPS) is 17.3. The van der Waals surface area contributed by atoms with E-state index in [1.807, 2.05) is 13.8 Å². The number of ether oxygens (including phenoxy) is 1. The maximum absolute atomic E-state index is 5.45. The van der Waals surface area contributed by atoms with Crippen LogP contribution in [0.15, 0.2) is 0 Å². The highest BCUT2D eigenvalue weighted by Gasteiger charge is 2.04. The van der Waals surface area contributed by atoms with Crippen molar-refractivity contribution in [2.75, 3.05) is 10.7 Å². The molecule has 0 N–H and O–H groups in total. The first-order valence-electron chi connectivity index (χ1n) is 2.98. The lowest BCUT2D eigenvalue weighted by Gasteiger charge is -2.14. The maximum Gasteiger partial charge on any atom is 0.0647 e. The second kappa shape index (κ2) is 5.69. The van der Waals surface area contributed by atoms with Gasteiger partial charge in [0, 0.05) is 10.7 Å². The summed E-state index contributed by atoms with van der Waals surface area (Å²) < 4.78 is 5.45. The molecule has 9 heavy (non-hydrogen) atoms. The number of alkyl halides is 2. The van der Waals surface area contributed by atoms with Crippen LogP contribution in [0, 0.1) is 0 Å². The van der Waals surface area contributed by atoms with Crippen molar-refractivity contribution >= 4 is 31.9 Å². The highest BCUT2D eigenvalue weighted by atomic mass is 79.9. The van der Waals surface area contributed by atoms with Crippen LogP contribution in [0.25, 0.3) is 0 Å². The van der Waals surface area contributed by atoms with Gasteiger partial charge in [-0.05, 0) is 13.8 Å². The summed E-state index contributed by atoms with van der Waals surface area (Å²) >= 11 is 6.66. The fourth-order valence-electron chi connectivity index (χ4n) is 0.469. The van der Waals surface area contributed by atoms with E-state index in [-0.39, 0.29) is 0 Å². The van der Waals surface area contributed by atoms with Crippen LogP contribution in [-0.4, -0.2) is 22.9 Å². The van der Waals surface area contributed by atoms with E-state index in [0.717, 1.165) is 10.7 Å². The lowest BCUT2D eigenvalue weighted by atomic mass is 10.4. The highest BCUT2D eigenvalue weighted by Crippen LogP contribution is 2.02. The molecule has 0 bridgehead atoms. The molecule has 0 aromatic carbocycles. The fraction of sp³-hybridized carbons (Fsp3) is 1.00. The van der Waals surface area contributed by atoms with Crippen LogP contribution < -0.4 is 0 Å². The molecule has 0 heterocycles. The minimum atomic E-state index is 0.317. The van der Waals surface area contributed by atoms with Crippen LogP contribution in [-0.2, 0) is 4.74 Å². The van der Waals surface area contributed by atoms with E-state index in [2.05, 4.69) is 31.9 Å². The monoisotopic (exact) mass is 258 g/mol. The van der Waals surface area contributed by atoms with E-state index in [9.17, 15) is 0 Å². The predicted molar refractivity (Wildman–Crippen MR) is 47.6 cm³/mol. The van der Waals surface area contributed by atoms with Crippen LogP contribution in [0.3, 0.4) is 0 Å². The van der Waals surface area contributed by atoms with Crippen molar-refractivity contribution in [3.8, 4) is 0 Å². The maximum atomic E-state index is 5.45. The van der Waals surface area contributed by atoms with Crippen molar-refractivity contribution < 1.29 is 4.74 Å². The van der Waals surface area contributed by atoms with Gasteiger partial charge in [0.25, 0.3) is 0 Å². The van der Waals surface area contributed by atoms with Gasteiger partial charge in [0.05, 0.1) is 12.2 Å². The molecule has 0 saturated heterocycles. The summed E-state index contributed by atoms with van der Waals surface area (Å²) in [6.07, 6.45) is 0.634. The summed E-state index contributed by atoms with van der Waals surface area (Å²) in [4.78, 5) is 0. The summed E-state index contributed by atoms with van der Waals surface area (Å²) in [6.45, 7) is 4.10. The van der Waals surface area contributed by atoms with Gasteiger partial charge >= 0.3 is 0 Å². The lowest BCUT2D eigenvalue weighted by Crippen LogP contribution is -2.18. The quantitative estimate of drug-likeness (QED) is 0.706. The van der Waals surface area contributed by atoms with Gasteiger partial charge in [0.2, 0.25) is 0 Å². The van der Waals surface area contributed by atoms with Gasteiger partial charge in [-0.25, -0.2) is 0 Å². The van der Waals surface area contributed by atoms with Crippen LogP contribution in [0.1, 0.15) is 13.8 Å². The van der Waals surface area contributed by atoms with Gasteiger partial charge in [0.15, 0.2) is 0 Å². The second-order valence-electron chi connectivity index (χ2n) is 2.07. The van der Waals surface area contributed by atoms with E-state index in [4.69, 9.17) is 4.74 Å². The fourth-order valence-corrected chi connectivity index (χ4v) is 0.775. The summed E-state index contributed by atoms with van der Waals surface area (Å²) in [5.74, 6) is 0. The topological polar surface area (TPSA) is 9.23 Å². The first-order chi connectivity index (χ1) is 4.20. The molecular formula is C6H12Br2O. The molecule has 0 aromatic rings. The highest BCUT2D eigenvalue weighted by molar-refractivity contribution is 9.09. The van der Waals surface area contributed by atoms with Crippen molar-refractivity contribution in [2.24, 2.45) is 0 Å². The zero-order valence-corrected chi connectivity index (χ0v) is 8.91. The SMILES string of the molecule is CC(CBr)OC(C)[12CH2]Br. The van der Waals surface area contributed by atoms with Crippen LogP contribution in [0.4, 0.5) is 0 Å². The zero-order chi connectivity index (χ0) is 7.28. The molecule has 0 spiro atoms. The smallest absolute Gasteiger partial charge is 0.0647 e. The molecular weight excluding hydrogens is 248 g/mol. The molecule has 3 heteroatoms. The molecule has 0 aliphatic carbocycles. The van der Waals surface area contributed by atoms with E-state index < -0.39 is 0 Å². The van der Waals surface area contributed by atoms with E-state index in [0.29, 0.717) is 12.2 Å². The van der Waals surface area contributed by atoms with Gasteiger partial charge in [-0.2, -0.15) is 0 Å².